The van der Waals surface area contributed by atoms with Crippen molar-refractivity contribution in [3.63, 3.8) is 0 Å². The number of aromatic nitrogens is 2. The molecule has 0 aliphatic carbocycles. The fourth-order valence-corrected chi connectivity index (χ4v) is 3.15. The molecule has 2 heterocycles. The van der Waals surface area contributed by atoms with Crippen LogP contribution in [0.1, 0.15) is 32.8 Å². The molecule has 3 rings (SSSR count). The SMILES string of the molecule is CC(C)(C)OC(=O)N1CCCN(c2ncc(OCCc3cccc(F)c3)cn2)CC1. The predicted molar refractivity (Wildman–Crippen MR) is 112 cm³/mol. The van der Waals surface area contributed by atoms with E-state index >= 15 is 0 Å². The van der Waals surface area contributed by atoms with Gasteiger partial charge in [-0.05, 0) is 44.9 Å². The summed E-state index contributed by atoms with van der Waals surface area (Å²) in [5.74, 6) is 0.932. The van der Waals surface area contributed by atoms with Crippen molar-refractivity contribution in [1.29, 1.82) is 0 Å². The lowest BCUT2D eigenvalue weighted by atomic mass is 10.2. The van der Waals surface area contributed by atoms with Gasteiger partial charge in [-0.25, -0.2) is 19.2 Å². The Bertz CT molecular complexity index is 839. The average molecular weight is 416 g/mol. The molecule has 1 aromatic heterocycles. The number of anilines is 1. The number of ether oxygens (including phenoxy) is 2. The van der Waals surface area contributed by atoms with Gasteiger partial charge in [-0.3, -0.25) is 0 Å². The first-order valence-corrected chi connectivity index (χ1v) is 10.2. The summed E-state index contributed by atoms with van der Waals surface area (Å²) in [6.45, 7) is 8.62. The highest BCUT2D eigenvalue weighted by atomic mass is 19.1. The van der Waals surface area contributed by atoms with E-state index in [0.717, 1.165) is 18.5 Å². The number of carbonyl (C=O) groups is 1. The van der Waals surface area contributed by atoms with Crippen molar-refractivity contribution in [2.45, 2.75) is 39.2 Å². The molecule has 0 atom stereocenters. The van der Waals surface area contributed by atoms with Gasteiger partial charge >= 0.3 is 6.09 Å². The Morgan fingerprint density at radius 1 is 1.13 bits per heavy atom. The zero-order chi connectivity index (χ0) is 21.6. The lowest BCUT2D eigenvalue weighted by Crippen LogP contribution is -2.39. The Kier molecular flexibility index (Phi) is 7.07. The highest BCUT2D eigenvalue weighted by molar-refractivity contribution is 5.68. The van der Waals surface area contributed by atoms with Crippen LogP contribution in [0, 0.1) is 5.82 Å². The third kappa shape index (κ3) is 6.57. The van der Waals surface area contributed by atoms with Gasteiger partial charge in [0.05, 0.1) is 19.0 Å². The molecule has 8 heteroatoms. The summed E-state index contributed by atoms with van der Waals surface area (Å²) in [6, 6.07) is 6.48. The highest BCUT2D eigenvalue weighted by Gasteiger charge is 2.25. The number of rotatable bonds is 5. The molecule has 0 radical (unpaired) electrons. The molecule has 0 saturated carbocycles. The molecular formula is C22H29FN4O3. The van der Waals surface area contributed by atoms with Crippen LogP contribution in [0.15, 0.2) is 36.7 Å². The molecule has 1 amide bonds. The number of hydrogen-bond donors (Lipinski definition) is 0. The molecule has 1 saturated heterocycles. The van der Waals surface area contributed by atoms with Gasteiger partial charge in [0.1, 0.15) is 11.4 Å². The Morgan fingerprint density at radius 2 is 1.90 bits per heavy atom. The van der Waals surface area contributed by atoms with Crippen LogP contribution in [0.25, 0.3) is 0 Å². The first-order chi connectivity index (χ1) is 14.3. The van der Waals surface area contributed by atoms with Crippen LogP contribution in [0.4, 0.5) is 15.1 Å². The van der Waals surface area contributed by atoms with Crippen LogP contribution in [-0.4, -0.2) is 59.3 Å². The fourth-order valence-electron chi connectivity index (χ4n) is 3.15. The molecule has 2 aromatic rings. The van der Waals surface area contributed by atoms with Crippen molar-refractivity contribution < 1.29 is 18.7 Å². The van der Waals surface area contributed by atoms with Gasteiger partial charge in [0.15, 0.2) is 5.75 Å². The number of hydrogen-bond acceptors (Lipinski definition) is 6. The van der Waals surface area contributed by atoms with Gasteiger partial charge in [-0.2, -0.15) is 0 Å². The van der Waals surface area contributed by atoms with Gasteiger partial charge in [0.25, 0.3) is 0 Å². The molecule has 7 nitrogen and oxygen atoms in total. The summed E-state index contributed by atoms with van der Waals surface area (Å²) >= 11 is 0. The van der Waals surface area contributed by atoms with Gasteiger partial charge in [0.2, 0.25) is 5.95 Å². The molecule has 0 spiro atoms. The van der Waals surface area contributed by atoms with Crippen molar-refractivity contribution in [3.05, 3.63) is 48.0 Å². The Morgan fingerprint density at radius 3 is 2.60 bits per heavy atom. The minimum atomic E-state index is -0.503. The number of nitrogens with zero attached hydrogens (tertiary/aromatic N) is 4. The Labute approximate surface area is 176 Å². The van der Waals surface area contributed by atoms with Crippen LogP contribution < -0.4 is 9.64 Å². The standard InChI is InChI=1S/C22H29FN4O3/c1-22(2,3)30-21(28)27-10-5-9-26(11-12-27)20-24-15-19(16-25-20)29-13-8-17-6-4-7-18(23)14-17/h4,6-7,14-16H,5,8-13H2,1-3H3. The number of benzene rings is 1. The number of amides is 1. The van der Waals surface area contributed by atoms with Crippen molar-refractivity contribution in [2.24, 2.45) is 0 Å². The highest BCUT2D eigenvalue weighted by Crippen LogP contribution is 2.16. The van der Waals surface area contributed by atoms with E-state index in [1.165, 1.54) is 12.1 Å². The smallest absolute Gasteiger partial charge is 0.410 e. The van der Waals surface area contributed by atoms with E-state index in [-0.39, 0.29) is 11.9 Å². The lowest BCUT2D eigenvalue weighted by Gasteiger charge is -2.26. The second-order valence-corrected chi connectivity index (χ2v) is 8.26. The van der Waals surface area contributed by atoms with E-state index in [2.05, 4.69) is 14.9 Å². The lowest BCUT2D eigenvalue weighted by molar-refractivity contribution is 0.0263. The third-order valence-electron chi connectivity index (χ3n) is 4.59. The zero-order valence-corrected chi connectivity index (χ0v) is 17.8. The molecule has 30 heavy (non-hydrogen) atoms. The Hall–Kier alpha value is -2.90. The summed E-state index contributed by atoms with van der Waals surface area (Å²) in [7, 11) is 0. The normalized spacial score (nSPS) is 14.9. The minimum absolute atomic E-state index is 0.247. The molecular weight excluding hydrogens is 387 g/mol. The summed E-state index contributed by atoms with van der Waals surface area (Å²) in [5.41, 5.74) is 0.378. The van der Waals surface area contributed by atoms with Crippen molar-refractivity contribution in [3.8, 4) is 5.75 Å². The predicted octanol–water partition coefficient (Wildman–Crippen LogP) is 3.68. The zero-order valence-electron chi connectivity index (χ0n) is 17.8. The summed E-state index contributed by atoms with van der Waals surface area (Å²) in [4.78, 5) is 24.9. The molecule has 0 N–H and O–H groups in total. The van der Waals surface area contributed by atoms with Gasteiger partial charge in [0, 0.05) is 32.6 Å². The van der Waals surface area contributed by atoms with Crippen molar-refractivity contribution >= 4 is 12.0 Å². The second kappa shape index (κ2) is 9.73. The van der Waals surface area contributed by atoms with Crippen LogP contribution >= 0.6 is 0 Å². The van der Waals surface area contributed by atoms with Crippen LogP contribution in [0.5, 0.6) is 5.75 Å². The fraction of sp³-hybridized carbons (Fsp3) is 0.500. The molecule has 1 fully saturated rings. The number of carbonyl (C=O) groups excluding carboxylic acids is 1. The summed E-state index contributed by atoms with van der Waals surface area (Å²) in [6.07, 6.45) is 4.42. The van der Waals surface area contributed by atoms with E-state index in [0.29, 0.717) is 44.4 Å². The minimum Gasteiger partial charge on any atom is -0.490 e. The molecule has 1 aromatic carbocycles. The van der Waals surface area contributed by atoms with E-state index in [4.69, 9.17) is 9.47 Å². The summed E-state index contributed by atoms with van der Waals surface area (Å²) in [5, 5.41) is 0. The van der Waals surface area contributed by atoms with Gasteiger partial charge < -0.3 is 19.3 Å². The monoisotopic (exact) mass is 416 g/mol. The number of halogens is 1. The molecule has 0 unspecified atom stereocenters. The Balaban J connectivity index is 1.49. The maximum absolute atomic E-state index is 13.2. The van der Waals surface area contributed by atoms with Crippen molar-refractivity contribution in [2.75, 3.05) is 37.7 Å². The van der Waals surface area contributed by atoms with Gasteiger partial charge in [-0.1, -0.05) is 12.1 Å². The first-order valence-electron chi connectivity index (χ1n) is 10.2. The van der Waals surface area contributed by atoms with E-state index in [9.17, 15) is 9.18 Å². The average Bonchev–Trinajstić information content (AvgIpc) is 2.94. The summed E-state index contributed by atoms with van der Waals surface area (Å²) < 4.78 is 24.4. The molecule has 1 aliphatic rings. The van der Waals surface area contributed by atoms with E-state index in [1.54, 1.807) is 23.4 Å². The van der Waals surface area contributed by atoms with Gasteiger partial charge in [-0.15, -0.1) is 0 Å². The first kappa shape index (κ1) is 21.8. The van der Waals surface area contributed by atoms with Crippen LogP contribution in [0.2, 0.25) is 0 Å². The quantitative estimate of drug-likeness (QED) is 0.741. The molecule has 1 aliphatic heterocycles. The second-order valence-electron chi connectivity index (χ2n) is 8.26. The van der Waals surface area contributed by atoms with Crippen molar-refractivity contribution in [1.82, 2.24) is 14.9 Å². The molecule has 0 bridgehead atoms. The molecule has 162 valence electrons. The van der Waals surface area contributed by atoms with E-state index in [1.807, 2.05) is 26.8 Å². The largest absolute Gasteiger partial charge is 0.490 e. The maximum atomic E-state index is 13.2. The third-order valence-corrected chi connectivity index (χ3v) is 4.59. The van der Waals surface area contributed by atoms with Crippen LogP contribution in [-0.2, 0) is 11.2 Å². The topological polar surface area (TPSA) is 67.8 Å². The van der Waals surface area contributed by atoms with E-state index < -0.39 is 5.60 Å². The van der Waals surface area contributed by atoms with Crippen LogP contribution in [0.3, 0.4) is 0 Å². The maximum Gasteiger partial charge on any atom is 0.410 e.